The van der Waals surface area contributed by atoms with Gasteiger partial charge in [0, 0.05) is 24.9 Å². The first-order valence-electron chi connectivity index (χ1n) is 10.7. The number of aromatic nitrogens is 2. The van der Waals surface area contributed by atoms with Crippen LogP contribution >= 0.6 is 11.6 Å². The molecule has 2 aliphatic rings. The second kappa shape index (κ2) is 9.11. The number of nitrogens with one attached hydrogen (secondary N) is 1. The molecule has 2 N–H and O–H groups in total. The SMILES string of the molecule is Cc1nc(C2CN(C(=O)c3ccc(F)cc3OC3CCC(CO)C3)CC2=N)nc(C)c1Cl. The minimum Gasteiger partial charge on any atom is -0.489 e. The first-order chi connectivity index (χ1) is 15.3. The monoisotopic (exact) mass is 460 g/mol. The van der Waals surface area contributed by atoms with Crippen molar-refractivity contribution in [1.82, 2.24) is 14.9 Å². The molecule has 3 atom stereocenters. The molecule has 1 saturated carbocycles. The van der Waals surface area contributed by atoms with E-state index in [2.05, 4.69) is 9.97 Å². The van der Waals surface area contributed by atoms with Crippen molar-refractivity contribution in [2.45, 2.75) is 45.1 Å². The molecule has 9 heteroatoms. The van der Waals surface area contributed by atoms with E-state index in [4.69, 9.17) is 21.7 Å². The van der Waals surface area contributed by atoms with Crippen molar-refractivity contribution in [3.63, 3.8) is 0 Å². The van der Waals surface area contributed by atoms with Crippen LogP contribution in [0.4, 0.5) is 4.39 Å². The van der Waals surface area contributed by atoms with Gasteiger partial charge in [-0.15, -0.1) is 0 Å². The number of rotatable bonds is 5. The predicted molar refractivity (Wildman–Crippen MR) is 118 cm³/mol. The van der Waals surface area contributed by atoms with E-state index in [0.29, 0.717) is 34.4 Å². The molecule has 0 bridgehead atoms. The zero-order chi connectivity index (χ0) is 23.0. The summed E-state index contributed by atoms with van der Waals surface area (Å²) in [4.78, 5) is 23.7. The third kappa shape index (κ3) is 4.47. The van der Waals surface area contributed by atoms with Gasteiger partial charge >= 0.3 is 0 Å². The molecule has 1 aromatic heterocycles. The van der Waals surface area contributed by atoms with E-state index in [1.807, 2.05) is 0 Å². The normalized spacial score (nSPS) is 23.1. The van der Waals surface area contributed by atoms with Crippen molar-refractivity contribution in [3.05, 3.63) is 51.8 Å². The lowest BCUT2D eigenvalue weighted by Crippen LogP contribution is -2.30. The van der Waals surface area contributed by atoms with Gasteiger partial charge in [0.2, 0.25) is 0 Å². The zero-order valence-electron chi connectivity index (χ0n) is 18.1. The number of nitrogens with zero attached hydrogens (tertiary/aromatic N) is 3. The van der Waals surface area contributed by atoms with Crippen molar-refractivity contribution < 1.29 is 19.0 Å². The zero-order valence-corrected chi connectivity index (χ0v) is 18.8. The van der Waals surface area contributed by atoms with Crippen LogP contribution in [0.5, 0.6) is 5.75 Å². The average Bonchev–Trinajstić information content (AvgIpc) is 3.37. The quantitative estimate of drug-likeness (QED) is 0.709. The molecule has 170 valence electrons. The fourth-order valence-corrected chi connectivity index (χ4v) is 4.49. The number of amides is 1. The van der Waals surface area contributed by atoms with Gasteiger partial charge in [-0.05, 0) is 51.2 Å². The Morgan fingerprint density at radius 3 is 2.69 bits per heavy atom. The van der Waals surface area contributed by atoms with Gasteiger partial charge in [0.15, 0.2) is 0 Å². The largest absolute Gasteiger partial charge is 0.489 e. The lowest BCUT2D eigenvalue weighted by atomic mass is 10.1. The van der Waals surface area contributed by atoms with Crippen LogP contribution in [0, 0.1) is 31.0 Å². The van der Waals surface area contributed by atoms with Crippen LogP contribution < -0.4 is 4.74 Å². The highest BCUT2D eigenvalue weighted by Crippen LogP contribution is 2.33. The third-order valence-electron chi connectivity index (χ3n) is 6.20. The summed E-state index contributed by atoms with van der Waals surface area (Å²) in [6.45, 7) is 4.06. The summed E-state index contributed by atoms with van der Waals surface area (Å²) in [5.41, 5.74) is 1.87. The molecule has 4 rings (SSSR count). The molecule has 1 aromatic carbocycles. The van der Waals surface area contributed by atoms with Gasteiger partial charge in [-0.1, -0.05) is 11.6 Å². The van der Waals surface area contributed by atoms with E-state index >= 15 is 0 Å². The number of carbonyl (C=O) groups excluding carboxylic acids is 1. The predicted octanol–water partition coefficient (Wildman–Crippen LogP) is 3.69. The van der Waals surface area contributed by atoms with E-state index in [-0.39, 0.29) is 48.9 Å². The summed E-state index contributed by atoms with van der Waals surface area (Å²) in [5.74, 6) is -0.395. The maximum Gasteiger partial charge on any atom is 0.257 e. The number of carbonyl (C=O) groups is 1. The maximum atomic E-state index is 14.0. The fourth-order valence-electron chi connectivity index (χ4n) is 4.41. The Labute approximate surface area is 191 Å². The van der Waals surface area contributed by atoms with E-state index in [9.17, 15) is 14.3 Å². The number of halogens is 2. The van der Waals surface area contributed by atoms with Crippen molar-refractivity contribution in [2.75, 3.05) is 19.7 Å². The number of hydrogen-bond acceptors (Lipinski definition) is 6. The fraction of sp³-hybridized carbons (Fsp3) is 0.478. The summed E-state index contributed by atoms with van der Waals surface area (Å²) in [6.07, 6.45) is 2.09. The topological polar surface area (TPSA) is 99.4 Å². The van der Waals surface area contributed by atoms with Gasteiger partial charge in [-0.3, -0.25) is 4.79 Å². The van der Waals surface area contributed by atoms with Crippen LogP contribution in [-0.2, 0) is 0 Å². The minimum atomic E-state index is -0.485. The molecule has 3 unspecified atom stereocenters. The Hall–Kier alpha value is -2.58. The number of ether oxygens (including phenoxy) is 1. The standard InChI is InChI=1S/C23H26ClFN4O3/c1-12-21(24)13(2)28-22(27-12)18-9-29(10-19(18)26)23(31)17-6-4-15(25)8-20(17)32-16-5-3-14(7-16)11-30/h4,6,8,14,16,18,26,30H,3,5,7,9-11H2,1-2H3. The highest BCUT2D eigenvalue weighted by Gasteiger charge is 2.36. The molecule has 0 spiro atoms. The lowest BCUT2D eigenvalue weighted by molar-refractivity contribution is 0.0786. The molecule has 1 aliphatic carbocycles. The first-order valence-corrected chi connectivity index (χ1v) is 11.1. The number of aliphatic hydroxyl groups is 1. The van der Waals surface area contributed by atoms with Crippen molar-refractivity contribution in [1.29, 1.82) is 5.41 Å². The molecule has 2 aromatic rings. The Morgan fingerprint density at radius 1 is 1.31 bits per heavy atom. The molecule has 1 saturated heterocycles. The molecule has 2 fully saturated rings. The number of aliphatic hydroxyl groups excluding tert-OH is 1. The summed E-state index contributed by atoms with van der Waals surface area (Å²) in [6, 6.07) is 3.89. The van der Waals surface area contributed by atoms with Crippen molar-refractivity contribution >= 4 is 23.2 Å². The van der Waals surface area contributed by atoms with Gasteiger partial charge in [0.25, 0.3) is 5.91 Å². The maximum absolute atomic E-state index is 14.0. The average molecular weight is 461 g/mol. The Balaban J connectivity index is 1.54. The smallest absolute Gasteiger partial charge is 0.257 e. The minimum absolute atomic E-state index is 0.0950. The van der Waals surface area contributed by atoms with Crippen LogP contribution in [0.3, 0.4) is 0 Å². The molecular weight excluding hydrogens is 435 g/mol. The van der Waals surface area contributed by atoms with Gasteiger partial charge in [0.05, 0.1) is 40.5 Å². The second-order valence-electron chi connectivity index (χ2n) is 8.57. The van der Waals surface area contributed by atoms with Crippen LogP contribution in [0.2, 0.25) is 5.02 Å². The highest BCUT2D eigenvalue weighted by atomic mass is 35.5. The number of likely N-dealkylation sites (tertiary alicyclic amines) is 1. The van der Waals surface area contributed by atoms with Crippen molar-refractivity contribution in [3.8, 4) is 5.75 Å². The summed E-state index contributed by atoms with van der Waals surface area (Å²) >= 11 is 6.17. The van der Waals surface area contributed by atoms with Crippen LogP contribution in [0.1, 0.15) is 52.8 Å². The van der Waals surface area contributed by atoms with Gasteiger partial charge in [0.1, 0.15) is 17.4 Å². The van der Waals surface area contributed by atoms with E-state index < -0.39 is 11.7 Å². The lowest BCUT2D eigenvalue weighted by Gasteiger charge is -2.20. The summed E-state index contributed by atoms with van der Waals surface area (Å²) in [7, 11) is 0. The number of aryl methyl sites for hydroxylation is 2. The van der Waals surface area contributed by atoms with E-state index in [1.165, 1.54) is 18.2 Å². The molecule has 32 heavy (non-hydrogen) atoms. The highest BCUT2D eigenvalue weighted by molar-refractivity contribution is 6.31. The molecular formula is C23H26ClFN4O3. The van der Waals surface area contributed by atoms with Crippen LogP contribution in [0.15, 0.2) is 18.2 Å². The Kier molecular flexibility index (Phi) is 6.44. The van der Waals surface area contributed by atoms with Gasteiger partial charge in [-0.2, -0.15) is 0 Å². The Bertz CT molecular complexity index is 1040. The van der Waals surface area contributed by atoms with Crippen LogP contribution in [0.25, 0.3) is 0 Å². The third-order valence-corrected chi connectivity index (χ3v) is 6.75. The second-order valence-corrected chi connectivity index (χ2v) is 8.95. The summed E-state index contributed by atoms with van der Waals surface area (Å²) in [5, 5.41) is 18.3. The molecule has 0 radical (unpaired) electrons. The van der Waals surface area contributed by atoms with E-state index in [1.54, 1.807) is 18.7 Å². The van der Waals surface area contributed by atoms with Crippen molar-refractivity contribution in [2.24, 2.45) is 5.92 Å². The molecule has 1 aliphatic heterocycles. The van der Waals surface area contributed by atoms with Gasteiger partial charge < -0.3 is 20.2 Å². The first kappa shape index (κ1) is 22.6. The molecule has 2 heterocycles. The van der Waals surface area contributed by atoms with Crippen LogP contribution in [-0.4, -0.2) is 57.4 Å². The number of benzene rings is 1. The summed E-state index contributed by atoms with van der Waals surface area (Å²) < 4.78 is 19.9. The van der Waals surface area contributed by atoms with Gasteiger partial charge in [-0.25, -0.2) is 14.4 Å². The Morgan fingerprint density at radius 2 is 2.03 bits per heavy atom. The molecule has 7 nitrogen and oxygen atoms in total. The van der Waals surface area contributed by atoms with E-state index in [0.717, 1.165) is 12.8 Å². The molecule has 1 amide bonds. The number of hydrogen-bond donors (Lipinski definition) is 2.